The van der Waals surface area contributed by atoms with Crippen LogP contribution in [0, 0.1) is 17.7 Å². The first kappa shape index (κ1) is 14.6. The van der Waals surface area contributed by atoms with Crippen molar-refractivity contribution < 1.29 is 9.13 Å². The minimum Gasteiger partial charge on any atom is -0.490 e. The molecule has 1 aliphatic rings. The second-order valence-corrected chi connectivity index (χ2v) is 6.02. The Bertz CT molecular complexity index is 419. The predicted molar refractivity (Wildman–Crippen MR) is 76.3 cm³/mol. The Labute approximate surface area is 119 Å². The molecule has 0 aromatic heterocycles. The Hall–Kier alpha value is -0.800. The molecule has 1 aromatic carbocycles. The number of halogens is 2. The number of hydrogen-bond acceptors (Lipinski definition) is 2. The van der Waals surface area contributed by atoms with E-state index in [2.05, 4.69) is 19.2 Å². The van der Waals surface area contributed by atoms with Gasteiger partial charge in [-0.15, -0.1) is 0 Å². The molecule has 0 radical (unpaired) electrons. The molecule has 1 N–H and O–H groups in total. The monoisotopic (exact) mass is 285 g/mol. The van der Waals surface area contributed by atoms with Crippen molar-refractivity contribution in [3.05, 3.63) is 29.0 Å². The van der Waals surface area contributed by atoms with Crippen LogP contribution in [0.2, 0.25) is 5.02 Å². The van der Waals surface area contributed by atoms with Gasteiger partial charge >= 0.3 is 0 Å². The normalized spacial score (nSPS) is 20.8. The summed E-state index contributed by atoms with van der Waals surface area (Å²) in [5.41, 5.74) is 0. The highest BCUT2D eigenvalue weighted by Gasteiger charge is 2.27. The summed E-state index contributed by atoms with van der Waals surface area (Å²) in [5.74, 6) is 1.20. The van der Waals surface area contributed by atoms with Crippen LogP contribution in [0.1, 0.15) is 26.7 Å². The summed E-state index contributed by atoms with van der Waals surface area (Å²) in [6.07, 6.45) is 2.24. The van der Waals surface area contributed by atoms with E-state index in [1.807, 2.05) is 0 Å². The number of ether oxygens (including phenoxy) is 1. The van der Waals surface area contributed by atoms with Crippen molar-refractivity contribution in [2.45, 2.75) is 32.8 Å². The van der Waals surface area contributed by atoms with Gasteiger partial charge in [-0.3, -0.25) is 0 Å². The van der Waals surface area contributed by atoms with E-state index < -0.39 is 5.82 Å². The van der Waals surface area contributed by atoms with Gasteiger partial charge in [0, 0.05) is 18.5 Å². The van der Waals surface area contributed by atoms with Gasteiger partial charge in [0.25, 0.3) is 0 Å². The third-order valence-electron chi connectivity index (χ3n) is 3.51. The first-order valence-electron chi connectivity index (χ1n) is 6.88. The molecule has 2 nitrogen and oxygen atoms in total. The Morgan fingerprint density at radius 1 is 1.47 bits per heavy atom. The zero-order chi connectivity index (χ0) is 13.8. The van der Waals surface area contributed by atoms with E-state index in [9.17, 15) is 4.39 Å². The first-order chi connectivity index (χ1) is 9.06. The third kappa shape index (κ3) is 4.08. The molecule has 1 fully saturated rings. The van der Waals surface area contributed by atoms with Crippen LogP contribution in [0.4, 0.5) is 4.39 Å². The second kappa shape index (κ2) is 6.58. The lowest BCUT2D eigenvalue weighted by Crippen LogP contribution is -2.30. The number of hydrogen-bond donors (Lipinski definition) is 1. The van der Waals surface area contributed by atoms with Crippen molar-refractivity contribution >= 4 is 11.6 Å². The molecule has 19 heavy (non-hydrogen) atoms. The molecule has 1 aromatic rings. The fourth-order valence-electron chi connectivity index (χ4n) is 2.52. The Morgan fingerprint density at radius 3 is 2.84 bits per heavy atom. The number of rotatable bonds is 5. The van der Waals surface area contributed by atoms with Gasteiger partial charge in [-0.25, -0.2) is 4.39 Å². The summed E-state index contributed by atoms with van der Waals surface area (Å²) >= 11 is 5.69. The summed E-state index contributed by atoms with van der Waals surface area (Å²) in [5, 5.41) is 3.49. The number of benzene rings is 1. The topological polar surface area (TPSA) is 21.3 Å². The zero-order valence-electron chi connectivity index (χ0n) is 11.5. The SMILES string of the molecule is CC(C)C[C@@H](Oc1ccc(Cl)c(F)c1)[C@H]1CCNC1. The summed E-state index contributed by atoms with van der Waals surface area (Å²) in [6, 6.07) is 4.66. The summed E-state index contributed by atoms with van der Waals surface area (Å²) in [6.45, 7) is 6.38. The van der Waals surface area contributed by atoms with Crippen LogP contribution >= 0.6 is 11.6 Å². The molecule has 0 aliphatic carbocycles. The van der Waals surface area contributed by atoms with Gasteiger partial charge in [0.1, 0.15) is 17.7 Å². The Balaban J connectivity index is 2.07. The van der Waals surface area contributed by atoms with Gasteiger partial charge in [0.2, 0.25) is 0 Å². The second-order valence-electron chi connectivity index (χ2n) is 5.61. The van der Waals surface area contributed by atoms with E-state index in [4.69, 9.17) is 16.3 Å². The van der Waals surface area contributed by atoms with Crippen LogP contribution in [0.25, 0.3) is 0 Å². The van der Waals surface area contributed by atoms with E-state index in [0.29, 0.717) is 17.6 Å². The molecule has 0 saturated carbocycles. The lowest BCUT2D eigenvalue weighted by molar-refractivity contribution is 0.119. The van der Waals surface area contributed by atoms with Crippen LogP contribution < -0.4 is 10.1 Å². The van der Waals surface area contributed by atoms with Gasteiger partial charge in [0.05, 0.1) is 5.02 Å². The lowest BCUT2D eigenvalue weighted by atomic mass is 9.93. The molecular formula is C15H21ClFNO. The fraction of sp³-hybridized carbons (Fsp3) is 0.600. The minimum absolute atomic E-state index is 0.135. The van der Waals surface area contributed by atoms with Gasteiger partial charge in [0.15, 0.2) is 0 Å². The highest BCUT2D eigenvalue weighted by molar-refractivity contribution is 6.30. The van der Waals surface area contributed by atoms with Crippen LogP contribution in [-0.2, 0) is 0 Å². The fourth-order valence-corrected chi connectivity index (χ4v) is 2.64. The Morgan fingerprint density at radius 2 is 2.26 bits per heavy atom. The molecule has 0 amide bonds. The summed E-state index contributed by atoms with van der Waals surface area (Å²) in [4.78, 5) is 0. The van der Waals surface area contributed by atoms with Crippen molar-refractivity contribution in [3.8, 4) is 5.75 Å². The average molecular weight is 286 g/mol. The molecule has 1 saturated heterocycles. The molecule has 0 unspecified atom stereocenters. The largest absolute Gasteiger partial charge is 0.490 e. The molecule has 2 atom stereocenters. The van der Waals surface area contributed by atoms with E-state index in [0.717, 1.165) is 25.9 Å². The van der Waals surface area contributed by atoms with E-state index in [1.54, 1.807) is 12.1 Å². The van der Waals surface area contributed by atoms with Crippen molar-refractivity contribution in [2.24, 2.45) is 11.8 Å². The molecular weight excluding hydrogens is 265 g/mol. The van der Waals surface area contributed by atoms with Crippen LogP contribution in [0.5, 0.6) is 5.75 Å². The molecule has 4 heteroatoms. The van der Waals surface area contributed by atoms with E-state index in [1.165, 1.54) is 6.07 Å². The smallest absolute Gasteiger partial charge is 0.145 e. The third-order valence-corrected chi connectivity index (χ3v) is 3.81. The van der Waals surface area contributed by atoms with Crippen LogP contribution in [-0.4, -0.2) is 19.2 Å². The molecule has 2 rings (SSSR count). The van der Waals surface area contributed by atoms with E-state index >= 15 is 0 Å². The quantitative estimate of drug-likeness (QED) is 0.886. The van der Waals surface area contributed by atoms with Crippen molar-refractivity contribution in [1.29, 1.82) is 0 Å². The maximum atomic E-state index is 13.4. The van der Waals surface area contributed by atoms with Crippen LogP contribution in [0.15, 0.2) is 18.2 Å². The first-order valence-corrected chi connectivity index (χ1v) is 7.26. The summed E-state index contributed by atoms with van der Waals surface area (Å²) in [7, 11) is 0. The summed E-state index contributed by atoms with van der Waals surface area (Å²) < 4.78 is 19.5. The molecule has 0 bridgehead atoms. The van der Waals surface area contributed by atoms with Gasteiger partial charge in [-0.05, 0) is 37.4 Å². The zero-order valence-corrected chi connectivity index (χ0v) is 12.2. The maximum Gasteiger partial charge on any atom is 0.145 e. The molecule has 1 aliphatic heterocycles. The van der Waals surface area contributed by atoms with Gasteiger partial charge < -0.3 is 10.1 Å². The van der Waals surface area contributed by atoms with Gasteiger partial charge in [-0.1, -0.05) is 25.4 Å². The molecule has 0 spiro atoms. The molecule has 1 heterocycles. The average Bonchev–Trinajstić information content (AvgIpc) is 2.86. The predicted octanol–water partition coefficient (Wildman–Crippen LogP) is 3.88. The number of nitrogens with one attached hydrogen (secondary N) is 1. The van der Waals surface area contributed by atoms with Crippen molar-refractivity contribution in [3.63, 3.8) is 0 Å². The molecule has 106 valence electrons. The van der Waals surface area contributed by atoms with E-state index in [-0.39, 0.29) is 11.1 Å². The Kier molecular flexibility index (Phi) is 5.06. The highest BCUT2D eigenvalue weighted by atomic mass is 35.5. The lowest BCUT2D eigenvalue weighted by Gasteiger charge is -2.26. The standard InChI is InChI=1S/C15H21ClFNO/c1-10(2)7-15(11-5-6-18-9-11)19-12-3-4-13(16)14(17)8-12/h3-4,8,10-11,15,18H,5-7,9H2,1-2H3/t11-,15+/m0/s1. The van der Waals surface area contributed by atoms with Crippen molar-refractivity contribution in [2.75, 3.05) is 13.1 Å². The minimum atomic E-state index is -0.424. The van der Waals surface area contributed by atoms with Crippen LogP contribution in [0.3, 0.4) is 0 Å². The van der Waals surface area contributed by atoms with Crippen molar-refractivity contribution in [1.82, 2.24) is 5.32 Å². The highest BCUT2D eigenvalue weighted by Crippen LogP contribution is 2.27. The van der Waals surface area contributed by atoms with Gasteiger partial charge in [-0.2, -0.15) is 0 Å². The maximum absolute atomic E-state index is 13.4.